The molecule has 1 aliphatic carbocycles. The lowest BCUT2D eigenvalue weighted by molar-refractivity contribution is 0.384. The Labute approximate surface area is 167 Å². The Kier molecular flexibility index (Phi) is 7.00. The number of aromatic nitrogens is 1. The van der Waals surface area contributed by atoms with Crippen molar-refractivity contribution >= 4 is 23.2 Å². The van der Waals surface area contributed by atoms with Crippen LogP contribution in [0.25, 0.3) is 0 Å². The van der Waals surface area contributed by atoms with Crippen LogP contribution in [0.5, 0.6) is 0 Å². The lowest BCUT2D eigenvalue weighted by Crippen LogP contribution is -2.12. The van der Waals surface area contributed by atoms with Crippen molar-refractivity contribution in [3.05, 3.63) is 63.4 Å². The molecule has 0 bridgehead atoms. The Morgan fingerprint density at radius 3 is 2.46 bits per heavy atom. The second-order valence-corrected chi connectivity index (χ2v) is 7.92. The van der Waals surface area contributed by atoms with Crippen LogP contribution >= 0.6 is 23.2 Å². The molecule has 3 rings (SSSR count). The predicted octanol–water partition coefficient (Wildman–Crippen LogP) is 7.06. The van der Waals surface area contributed by atoms with Gasteiger partial charge in [0.2, 0.25) is 0 Å². The fourth-order valence-electron chi connectivity index (χ4n) is 3.58. The highest BCUT2D eigenvalue weighted by molar-refractivity contribution is 6.41. The largest absolute Gasteiger partial charge is 0.242 e. The van der Waals surface area contributed by atoms with E-state index >= 15 is 0 Å². The second-order valence-electron chi connectivity index (χ2n) is 7.16. The lowest BCUT2D eigenvalue weighted by atomic mass is 9.79. The van der Waals surface area contributed by atoms with Crippen LogP contribution < -0.4 is 0 Å². The quantitative estimate of drug-likeness (QED) is 0.405. The van der Waals surface area contributed by atoms with Crippen LogP contribution in [-0.4, -0.2) is 4.98 Å². The summed E-state index contributed by atoms with van der Waals surface area (Å²) in [5, 5.41) is 0.794. The average molecular weight is 386 g/mol. The van der Waals surface area contributed by atoms with Gasteiger partial charge in [0, 0.05) is 17.7 Å². The van der Waals surface area contributed by atoms with E-state index in [1.54, 1.807) is 12.3 Å². The van der Waals surface area contributed by atoms with Crippen LogP contribution in [0, 0.1) is 17.8 Å². The summed E-state index contributed by atoms with van der Waals surface area (Å²) in [6, 6.07) is 11.1. The molecule has 1 fully saturated rings. The standard InChI is InChI=1S/C23H25Cl2N/c1-2-3-4-17-7-11-20(12-8-17)21-13-9-18(10-14-21)5-6-19-15-22(24)23(25)26-16-19/h7-8,11-12,15-16,18,21H,2-4,9-10,13-14H2,1H3/t18-,21-. The monoisotopic (exact) mass is 385 g/mol. The molecule has 1 aliphatic rings. The Hall–Kier alpha value is -1.49. The second kappa shape index (κ2) is 9.45. The average Bonchev–Trinajstić information content (AvgIpc) is 2.68. The molecule has 0 spiro atoms. The minimum Gasteiger partial charge on any atom is -0.242 e. The van der Waals surface area contributed by atoms with Gasteiger partial charge in [0.1, 0.15) is 5.15 Å². The van der Waals surface area contributed by atoms with Crippen molar-refractivity contribution in [1.29, 1.82) is 0 Å². The summed E-state index contributed by atoms with van der Waals surface area (Å²) >= 11 is 11.8. The van der Waals surface area contributed by atoms with Crippen molar-refractivity contribution in [2.24, 2.45) is 5.92 Å². The maximum atomic E-state index is 6.00. The van der Waals surface area contributed by atoms with Gasteiger partial charge in [-0.3, -0.25) is 0 Å². The van der Waals surface area contributed by atoms with E-state index in [2.05, 4.69) is 48.0 Å². The Morgan fingerprint density at radius 2 is 1.81 bits per heavy atom. The number of nitrogens with zero attached hydrogens (tertiary/aromatic N) is 1. The van der Waals surface area contributed by atoms with E-state index in [-0.39, 0.29) is 0 Å². The SMILES string of the molecule is CCCCc1ccc([C@H]2CC[C@H](C#Cc3cnc(Cl)c(Cl)c3)CC2)cc1. The Balaban J connectivity index is 1.54. The van der Waals surface area contributed by atoms with Gasteiger partial charge in [-0.15, -0.1) is 0 Å². The first kappa shape index (κ1) is 19.3. The van der Waals surface area contributed by atoms with Crippen molar-refractivity contribution in [3.8, 4) is 11.8 Å². The number of aryl methyl sites for hydroxylation is 1. The van der Waals surface area contributed by atoms with Crippen LogP contribution in [0.4, 0.5) is 0 Å². The third-order valence-corrected chi connectivity index (χ3v) is 5.90. The molecule has 0 amide bonds. The highest BCUT2D eigenvalue weighted by atomic mass is 35.5. The van der Waals surface area contributed by atoms with E-state index in [1.165, 1.54) is 43.2 Å². The number of benzene rings is 1. The zero-order valence-corrected chi connectivity index (χ0v) is 16.8. The molecule has 3 heteroatoms. The molecular formula is C23H25Cl2N. The maximum Gasteiger partial charge on any atom is 0.147 e. The first-order valence-electron chi connectivity index (χ1n) is 9.57. The third kappa shape index (κ3) is 5.26. The van der Waals surface area contributed by atoms with Gasteiger partial charge in [0.15, 0.2) is 0 Å². The zero-order valence-electron chi connectivity index (χ0n) is 15.3. The van der Waals surface area contributed by atoms with Crippen molar-refractivity contribution < 1.29 is 0 Å². The van der Waals surface area contributed by atoms with E-state index in [1.807, 2.05) is 0 Å². The summed E-state index contributed by atoms with van der Waals surface area (Å²) in [4.78, 5) is 4.05. The molecule has 26 heavy (non-hydrogen) atoms. The minimum absolute atomic E-state index is 0.332. The Bertz CT molecular complexity index is 778. The molecule has 0 saturated heterocycles. The first-order valence-corrected chi connectivity index (χ1v) is 10.3. The molecule has 0 N–H and O–H groups in total. The summed E-state index contributed by atoms with van der Waals surface area (Å²) in [6.07, 6.45) is 10.2. The summed E-state index contributed by atoms with van der Waals surface area (Å²) < 4.78 is 0. The number of unbranched alkanes of at least 4 members (excludes halogenated alkanes) is 1. The molecule has 0 atom stereocenters. The zero-order chi connectivity index (χ0) is 18.4. The van der Waals surface area contributed by atoms with E-state index in [0.717, 1.165) is 18.4 Å². The minimum atomic E-state index is 0.332. The van der Waals surface area contributed by atoms with E-state index in [4.69, 9.17) is 23.2 Å². The fraction of sp³-hybridized carbons (Fsp3) is 0.435. The molecule has 0 radical (unpaired) electrons. The summed E-state index contributed by atoms with van der Waals surface area (Å²) in [6.45, 7) is 2.24. The van der Waals surface area contributed by atoms with Crippen molar-refractivity contribution in [1.82, 2.24) is 4.98 Å². The highest BCUT2D eigenvalue weighted by Crippen LogP contribution is 2.35. The topological polar surface area (TPSA) is 12.9 Å². The molecule has 136 valence electrons. The summed E-state index contributed by atoms with van der Waals surface area (Å²) in [5.74, 6) is 7.75. The van der Waals surface area contributed by atoms with E-state index in [0.29, 0.717) is 22.0 Å². The van der Waals surface area contributed by atoms with Crippen molar-refractivity contribution in [3.63, 3.8) is 0 Å². The third-order valence-electron chi connectivity index (χ3n) is 5.21. The molecular weight excluding hydrogens is 361 g/mol. The summed E-state index contributed by atoms with van der Waals surface area (Å²) in [7, 11) is 0. The first-order chi connectivity index (χ1) is 12.7. The molecule has 1 nitrogen and oxygen atoms in total. The molecule has 1 aromatic carbocycles. The normalized spacial score (nSPS) is 19.7. The lowest BCUT2D eigenvalue weighted by Gasteiger charge is -2.26. The van der Waals surface area contributed by atoms with Crippen molar-refractivity contribution in [2.75, 3.05) is 0 Å². The van der Waals surface area contributed by atoms with Crippen LogP contribution in [0.1, 0.15) is 68.1 Å². The van der Waals surface area contributed by atoms with Crippen LogP contribution in [0.3, 0.4) is 0 Å². The van der Waals surface area contributed by atoms with Crippen molar-refractivity contribution in [2.45, 2.75) is 57.8 Å². The van der Waals surface area contributed by atoms with Gasteiger partial charge in [0.25, 0.3) is 0 Å². The van der Waals surface area contributed by atoms with Gasteiger partial charge in [-0.2, -0.15) is 0 Å². The molecule has 1 saturated carbocycles. The van der Waals surface area contributed by atoms with Gasteiger partial charge >= 0.3 is 0 Å². The summed E-state index contributed by atoms with van der Waals surface area (Å²) in [5.41, 5.74) is 3.79. The number of pyridine rings is 1. The number of hydrogen-bond acceptors (Lipinski definition) is 1. The number of hydrogen-bond donors (Lipinski definition) is 0. The predicted molar refractivity (Wildman–Crippen MR) is 111 cm³/mol. The molecule has 2 aromatic rings. The van der Waals surface area contributed by atoms with Gasteiger partial charge < -0.3 is 0 Å². The van der Waals surface area contributed by atoms with E-state index in [9.17, 15) is 0 Å². The molecule has 0 unspecified atom stereocenters. The Morgan fingerprint density at radius 1 is 1.08 bits per heavy atom. The van der Waals surface area contributed by atoms with E-state index < -0.39 is 0 Å². The molecule has 0 aliphatic heterocycles. The maximum absolute atomic E-state index is 6.00. The highest BCUT2D eigenvalue weighted by Gasteiger charge is 2.21. The van der Waals surface area contributed by atoms with Crippen LogP contribution in [0.15, 0.2) is 36.5 Å². The van der Waals surface area contributed by atoms with Crippen LogP contribution in [0.2, 0.25) is 10.2 Å². The molecule has 1 heterocycles. The fourth-order valence-corrected chi connectivity index (χ4v) is 3.85. The number of halogens is 2. The van der Waals surface area contributed by atoms with Gasteiger partial charge in [-0.1, -0.05) is 72.7 Å². The van der Waals surface area contributed by atoms with Crippen LogP contribution in [-0.2, 0) is 6.42 Å². The van der Waals surface area contributed by atoms with Gasteiger partial charge in [-0.25, -0.2) is 4.98 Å². The smallest absolute Gasteiger partial charge is 0.147 e. The molecule has 1 aromatic heterocycles. The number of rotatable bonds is 4. The van der Waals surface area contributed by atoms with Gasteiger partial charge in [-0.05, 0) is 61.6 Å². The van der Waals surface area contributed by atoms with Gasteiger partial charge in [0.05, 0.1) is 5.02 Å².